The predicted molar refractivity (Wildman–Crippen MR) is 142 cm³/mol. The highest BCUT2D eigenvalue weighted by Crippen LogP contribution is 2.43. The van der Waals surface area contributed by atoms with E-state index in [0.717, 1.165) is 49.3 Å². The maximum Gasteiger partial charge on any atom is 0.333 e. The van der Waals surface area contributed by atoms with Crippen LogP contribution in [0.5, 0.6) is 0 Å². The number of hydrogen-bond donors (Lipinski definition) is 4. The molecule has 1 aliphatic carbocycles. The van der Waals surface area contributed by atoms with Crippen LogP contribution >= 0.6 is 0 Å². The Kier molecular flexibility index (Phi) is 6.37. The summed E-state index contributed by atoms with van der Waals surface area (Å²) in [6.07, 6.45) is 1.11. The lowest BCUT2D eigenvalue weighted by Crippen LogP contribution is -2.49. The van der Waals surface area contributed by atoms with Crippen LogP contribution in [0.2, 0.25) is 0 Å². The second-order valence-electron chi connectivity index (χ2n) is 9.63. The van der Waals surface area contributed by atoms with Crippen LogP contribution in [-0.2, 0) is 4.74 Å². The molecule has 192 valence electrons. The van der Waals surface area contributed by atoms with Crippen LogP contribution in [0.15, 0.2) is 36.4 Å². The van der Waals surface area contributed by atoms with Crippen LogP contribution in [0, 0.1) is 6.92 Å². The lowest BCUT2D eigenvalue weighted by Gasteiger charge is -2.27. The van der Waals surface area contributed by atoms with E-state index in [9.17, 15) is 9.59 Å². The van der Waals surface area contributed by atoms with Gasteiger partial charge in [0.15, 0.2) is 5.78 Å². The van der Waals surface area contributed by atoms with Crippen molar-refractivity contribution in [1.29, 1.82) is 0 Å². The second-order valence-corrected chi connectivity index (χ2v) is 9.63. The topological polar surface area (TPSA) is 115 Å². The number of carbonyl (C=O) groups excluding carboxylic acids is 2. The van der Waals surface area contributed by atoms with Crippen molar-refractivity contribution in [3.05, 3.63) is 53.1 Å². The van der Waals surface area contributed by atoms with Crippen molar-refractivity contribution in [1.82, 2.24) is 25.9 Å². The highest BCUT2D eigenvalue weighted by Gasteiger charge is 2.35. The number of ketones is 1. The molecule has 3 heterocycles. The fraction of sp³-hybridized carbons (Fsp3) is 0.370. The third-order valence-corrected chi connectivity index (χ3v) is 7.24. The van der Waals surface area contributed by atoms with E-state index in [1.807, 2.05) is 17.1 Å². The van der Waals surface area contributed by atoms with Gasteiger partial charge in [-0.2, -0.15) is 5.10 Å². The third-order valence-electron chi connectivity index (χ3n) is 7.24. The normalized spacial score (nSPS) is 17.8. The molecule has 2 fully saturated rings. The summed E-state index contributed by atoms with van der Waals surface area (Å²) in [5, 5.41) is 15.8. The van der Waals surface area contributed by atoms with Crippen molar-refractivity contribution >= 4 is 23.2 Å². The molecule has 1 aromatic heterocycles. The summed E-state index contributed by atoms with van der Waals surface area (Å²) in [4.78, 5) is 28.8. The van der Waals surface area contributed by atoms with Gasteiger partial charge in [-0.15, -0.1) is 0 Å². The quantitative estimate of drug-likeness (QED) is 0.340. The Morgan fingerprint density at radius 2 is 1.89 bits per heavy atom. The van der Waals surface area contributed by atoms with Crippen molar-refractivity contribution in [2.75, 3.05) is 62.7 Å². The first-order valence-electron chi connectivity index (χ1n) is 12.8. The molecular weight excluding hydrogens is 470 g/mol. The summed E-state index contributed by atoms with van der Waals surface area (Å²) in [6.45, 7) is 8.45. The number of benzene rings is 2. The highest BCUT2D eigenvalue weighted by molar-refractivity contribution is 6.27. The van der Waals surface area contributed by atoms with E-state index in [2.05, 4.69) is 56.3 Å². The molecule has 3 aliphatic rings. The van der Waals surface area contributed by atoms with Crippen LogP contribution in [0.4, 0.5) is 16.2 Å². The van der Waals surface area contributed by atoms with Crippen LogP contribution in [0.25, 0.3) is 22.5 Å². The Labute approximate surface area is 215 Å². The predicted octanol–water partition coefficient (Wildman–Crippen LogP) is 2.76. The summed E-state index contributed by atoms with van der Waals surface area (Å²) >= 11 is 0. The van der Waals surface area contributed by atoms with Gasteiger partial charge in [-0.3, -0.25) is 15.3 Å². The SMILES string of the molecule is Cc1cc(N2CCCNCC2)ccc1-c1[nH]nc2c1C(=O)c1c(NC(=O)NN3CCOCC3)cccc1-2. The molecule has 3 aromatic rings. The number of aromatic nitrogens is 2. The number of nitrogens with zero attached hydrogens (tertiary/aromatic N) is 3. The summed E-state index contributed by atoms with van der Waals surface area (Å²) in [5.41, 5.74) is 9.59. The zero-order valence-corrected chi connectivity index (χ0v) is 20.9. The van der Waals surface area contributed by atoms with E-state index < -0.39 is 0 Å². The van der Waals surface area contributed by atoms with Gasteiger partial charge in [0.1, 0.15) is 5.69 Å². The fourth-order valence-electron chi connectivity index (χ4n) is 5.37. The first-order chi connectivity index (χ1) is 18.1. The fourth-order valence-corrected chi connectivity index (χ4v) is 5.37. The van der Waals surface area contributed by atoms with Crippen molar-refractivity contribution in [2.45, 2.75) is 13.3 Å². The Morgan fingerprint density at radius 3 is 2.73 bits per heavy atom. The van der Waals surface area contributed by atoms with Crippen molar-refractivity contribution in [3.8, 4) is 22.5 Å². The molecule has 2 aromatic carbocycles. The highest BCUT2D eigenvalue weighted by atomic mass is 16.5. The van der Waals surface area contributed by atoms with Gasteiger partial charge in [0.2, 0.25) is 0 Å². The molecular formula is C27H31N7O3. The van der Waals surface area contributed by atoms with Gasteiger partial charge in [-0.05, 0) is 43.7 Å². The zero-order valence-electron chi connectivity index (χ0n) is 20.9. The second kappa shape index (κ2) is 9.97. The number of hydrazine groups is 1. The third kappa shape index (κ3) is 4.48. The molecule has 2 saturated heterocycles. The molecule has 4 N–H and O–H groups in total. The summed E-state index contributed by atoms with van der Waals surface area (Å²) < 4.78 is 5.33. The Morgan fingerprint density at radius 1 is 1.03 bits per heavy atom. The minimum absolute atomic E-state index is 0.141. The molecule has 10 nitrogen and oxygen atoms in total. The van der Waals surface area contributed by atoms with Gasteiger partial charge >= 0.3 is 6.03 Å². The van der Waals surface area contributed by atoms with Crippen LogP contribution < -0.4 is 21.0 Å². The first kappa shape index (κ1) is 23.7. The summed E-state index contributed by atoms with van der Waals surface area (Å²) in [6, 6.07) is 11.4. The molecule has 0 spiro atoms. The number of carbonyl (C=O) groups is 2. The first-order valence-corrected chi connectivity index (χ1v) is 12.8. The van der Waals surface area contributed by atoms with Crippen LogP contribution in [0.1, 0.15) is 27.9 Å². The Balaban J connectivity index is 1.26. The summed E-state index contributed by atoms with van der Waals surface area (Å²) in [5.74, 6) is -0.141. The van der Waals surface area contributed by atoms with Crippen LogP contribution in [-0.4, -0.2) is 79.5 Å². The zero-order chi connectivity index (χ0) is 25.4. The van der Waals surface area contributed by atoms with E-state index >= 15 is 0 Å². The van der Waals surface area contributed by atoms with E-state index in [4.69, 9.17) is 4.74 Å². The average molecular weight is 502 g/mol. The number of urea groups is 1. The molecule has 10 heteroatoms. The molecule has 0 atom stereocenters. The van der Waals surface area contributed by atoms with Gasteiger partial charge in [0, 0.05) is 49.5 Å². The lowest BCUT2D eigenvalue weighted by atomic mass is 9.99. The number of nitrogens with one attached hydrogen (secondary N) is 4. The lowest BCUT2D eigenvalue weighted by molar-refractivity contribution is 0.0207. The number of rotatable bonds is 4. The van der Waals surface area contributed by atoms with E-state index in [1.54, 1.807) is 6.07 Å². The number of ether oxygens (including phenoxy) is 1. The molecule has 2 amide bonds. The maximum absolute atomic E-state index is 13.7. The van der Waals surface area contributed by atoms with Crippen molar-refractivity contribution < 1.29 is 14.3 Å². The number of H-pyrrole nitrogens is 1. The molecule has 0 radical (unpaired) electrons. The number of fused-ring (bicyclic) bond motifs is 3. The van der Waals surface area contributed by atoms with Crippen LogP contribution in [0.3, 0.4) is 0 Å². The molecule has 0 unspecified atom stereocenters. The largest absolute Gasteiger partial charge is 0.379 e. The van der Waals surface area contributed by atoms with Gasteiger partial charge in [-0.25, -0.2) is 9.80 Å². The smallest absolute Gasteiger partial charge is 0.333 e. The minimum Gasteiger partial charge on any atom is -0.379 e. The van der Waals surface area contributed by atoms with E-state index in [0.29, 0.717) is 54.5 Å². The Bertz CT molecular complexity index is 1340. The van der Waals surface area contributed by atoms with E-state index in [-0.39, 0.29) is 11.8 Å². The molecule has 2 aliphatic heterocycles. The number of aryl methyl sites for hydroxylation is 1. The van der Waals surface area contributed by atoms with Gasteiger partial charge in [-0.1, -0.05) is 18.2 Å². The maximum atomic E-state index is 13.7. The Hall–Kier alpha value is -3.73. The van der Waals surface area contributed by atoms with E-state index in [1.165, 1.54) is 5.69 Å². The van der Waals surface area contributed by atoms with Crippen molar-refractivity contribution in [2.24, 2.45) is 0 Å². The van der Waals surface area contributed by atoms with Crippen molar-refractivity contribution in [3.63, 3.8) is 0 Å². The molecule has 6 rings (SSSR count). The molecule has 0 bridgehead atoms. The number of morpholine rings is 1. The number of aromatic amines is 1. The molecule has 37 heavy (non-hydrogen) atoms. The summed E-state index contributed by atoms with van der Waals surface area (Å²) in [7, 11) is 0. The number of anilines is 2. The van der Waals surface area contributed by atoms with Gasteiger partial charge in [0.05, 0.1) is 35.7 Å². The number of amides is 2. The number of hydrogen-bond acceptors (Lipinski definition) is 7. The standard InChI is InChI=1S/C27H31N7O3/c1-17-16-18(33-10-3-8-28-9-11-33)6-7-19(17)24-23-25(31-30-24)20-4-2-5-21(22(20)26(23)35)29-27(36)32-34-12-14-37-15-13-34/h2,4-7,16,28H,3,8-15H2,1H3,(H,30,31)(H2,29,32,36). The molecule has 0 saturated carbocycles. The monoisotopic (exact) mass is 501 g/mol. The average Bonchev–Trinajstić information content (AvgIpc) is 3.32. The van der Waals surface area contributed by atoms with Gasteiger partial charge < -0.3 is 20.3 Å². The minimum atomic E-state index is -0.385. The van der Waals surface area contributed by atoms with Gasteiger partial charge in [0.25, 0.3) is 0 Å².